The number of ether oxygens (including phenoxy) is 1. The molecule has 0 spiro atoms. The summed E-state index contributed by atoms with van der Waals surface area (Å²) in [6.45, 7) is 7.43. The molecule has 0 fully saturated rings. The molecular weight excluding hydrogens is 372 g/mol. The third-order valence-corrected chi connectivity index (χ3v) is 3.82. The highest BCUT2D eigenvalue weighted by Crippen LogP contribution is 2.30. The van der Waals surface area contributed by atoms with Crippen LogP contribution < -0.4 is 0 Å². The first-order valence-corrected chi connectivity index (χ1v) is 8.02. The summed E-state index contributed by atoms with van der Waals surface area (Å²) in [5.41, 5.74) is -0.742. The lowest BCUT2D eigenvalue weighted by Crippen LogP contribution is -2.31. The quantitative estimate of drug-likeness (QED) is 0.309. The van der Waals surface area contributed by atoms with Crippen molar-refractivity contribution in [1.82, 2.24) is 0 Å². The molecule has 0 saturated carbocycles. The Hall–Kier alpha value is -1.38. The van der Waals surface area contributed by atoms with E-state index in [-0.39, 0.29) is 6.10 Å². The fraction of sp³-hybridized carbons (Fsp3) is 0.647. The Kier molecular flexibility index (Phi) is 9.55. The van der Waals surface area contributed by atoms with E-state index in [2.05, 4.69) is 4.74 Å². The van der Waals surface area contributed by atoms with Crippen molar-refractivity contribution >= 4 is 0 Å². The smallest absolute Gasteiger partial charge is 0.366 e. The van der Waals surface area contributed by atoms with Crippen LogP contribution in [0.4, 0.5) is 35.1 Å². The second kappa shape index (κ2) is 10.1. The lowest BCUT2D eigenvalue weighted by atomic mass is 9.97. The van der Waals surface area contributed by atoms with Crippen molar-refractivity contribution < 1.29 is 39.9 Å². The van der Waals surface area contributed by atoms with Crippen molar-refractivity contribution in [3.05, 3.63) is 34.6 Å². The third kappa shape index (κ3) is 6.41. The average molecular weight is 394 g/mol. The molecule has 1 nitrogen and oxygen atoms in total. The molecule has 1 aromatic rings. The maximum absolute atomic E-state index is 13.1. The summed E-state index contributed by atoms with van der Waals surface area (Å²) in [7, 11) is 0. The predicted octanol–water partition coefficient (Wildman–Crippen LogP) is 6.65. The van der Waals surface area contributed by atoms with Crippen molar-refractivity contribution in [2.24, 2.45) is 0 Å². The normalized spacial score (nSPS) is 15.1. The Morgan fingerprint density at radius 2 is 1.12 bits per heavy atom. The second-order valence-corrected chi connectivity index (χ2v) is 5.83. The molecule has 0 heterocycles. The van der Waals surface area contributed by atoms with Crippen molar-refractivity contribution in [3.63, 3.8) is 0 Å². The molecule has 9 heteroatoms. The first-order valence-electron chi connectivity index (χ1n) is 8.02. The molecule has 1 rings (SSSR count). The van der Waals surface area contributed by atoms with Crippen LogP contribution in [0.1, 0.15) is 58.9 Å². The maximum atomic E-state index is 13.1. The number of hydrogen-bond acceptors (Lipinski definition) is 1. The van der Waals surface area contributed by atoms with E-state index in [9.17, 15) is 35.1 Å². The van der Waals surface area contributed by atoms with Gasteiger partial charge >= 0.3 is 6.18 Å². The van der Waals surface area contributed by atoms with Crippen LogP contribution in [0.25, 0.3) is 0 Å². The number of halogens is 8. The predicted molar refractivity (Wildman–Crippen MR) is 81.3 cm³/mol. The largest absolute Gasteiger partial charge is 0.414 e. The SMILES string of the molecule is CCC(C)OC(C)C(F)(F)F.CCC(C)c1c(F)c(F)c(F)c(F)c1F. The summed E-state index contributed by atoms with van der Waals surface area (Å²) in [6.07, 6.45) is -5.33. The van der Waals surface area contributed by atoms with Crippen molar-refractivity contribution in [2.75, 3.05) is 0 Å². The maximum Gasteiger partial charge on any atom is 0.414 e. The number of alkyl halides is 3. The zero-order valence-corrected chi connectivity index (χ0v) is 15.1. The summed E-state index contributed by atoms with van der Waals surface area (Å²) in [6, 6.07) is 0. The summed E-state index contributed by atoms with van der Waals surface area (Å²) in [5, 5.41) is 0. The van der Waals surface area contributed by atoms with Gasteiger partial charge in [0.2, 0.25) is 5.82 Å². The molecule has 0 radical (unpaired) electrons. The Morgan fingerprint density at radius 1 is 0.731 bits per heavy atom. The van der Waals surface area contributed by atoms with Gasteiger partial charge in [-0.1, -0.05) is 20.8 Å². The van der Waals surface area contributed by atoms with E-state index < -0.39 is 52.8 Å². The van der Waals surface area contributed by atoms with Crippen LogP contribution in [-0.4, -0.2) is 18.4 Å². The minimum atomic E-state index is -4.23. The van der Waals surface area contributed by atoms with Gasteiger partial charge in [-0.05, 0) is 32.6 Å². The van der Waals surface area contributed by atoms with Crippen LogP contribution in [0.15, 0.2) is 0 Å². The molecule has 0 aliphatic heterocycles. The molecule has 152 valence electrons. The molecule has 3 atom stereocenters. The standard InChI is InChI=1S/C10H9F5.C7H13F3O/c1-3-4(2)5-6(11)8(13)10(15)9(14)7(5)12;1-4-5(2)11-6(3)7(8,9)10/h4H,3H2,1-2H3;5-6H,4H2,1-3H3. The molecular formula is C17H22F8O. The zero-order valence-electron chi connectivity index (χ0n) is 15.1. The van der Waals surface area contributed by atoms with E-state index in [0.717, 1.165) is 6.92 Å². The van der Waals surface area contributed by atoms with Crippen LogP contribution in [0, 0.1) is 29.1 Å². The summed E-state index contributed by atoms with van der Waals surface area (Å²) in [5.74, 6) is -10.1. The average Bonchev–Trinajstić information content (AvgIpc) is 2.57. The molecule has 0 saturated heterocycles. The van der Waals surface area contributed by atoms with Crippen LogP contribution in [0.2, 0.25) is 0 Å². The molecule has 0 aromatic heterocycles. The fourth-order valence-corrected chi connectivity index (χ4v) is 1.78. The number of hydrogen-bond donors (Lipinski definition) is 0. The van der Waals surface area contributed by atoms with Gasteiger partial charge in [0.15, 0.2) is 29.4 Å². The van der Waals surface area contributed by atoms with Gasteiger partial charge in [0.1, 0.15) is 0 Å². The van der Waals surface area contributed by atoms with Gasteiger partial charge in [0, 0.05) is 5.56 Å². The van der Waals surface area contributed by atoms with E-state index >= 15 is 0 Å². The first-order chi connectivity index (χ1) is 11.8. The minimum absolute atomic E-state index is 0.290. The van der Waals surface area contributed by atoms with Crippen LogP contribution in [-0.2, 0) is 4.74 Å². The van der Waals surface area contributed by atoms with E-state index in [1.165, 1.54) is 6.92 Å². The molecule has 1 aromatic carbocycles. The van der Waals surface area contributed by atoms with E-state index in [4.69, 9.17) is 0 Å². The monoisotopic (exact) mass is 394 g/mol. The minimum Gasteiger partial charge on any atom is -0.366 e. The highest BCUT2D eigenvalue weighted by atomic mass is 19.4. The van der Waals surface area contributed by atoms with Crippen LogP contribution in [0.5, 0.6) is 0 Å². The van der Waals surface area contributed by atoms with Gasteiger partial charge in [0.05, 0.1) is 6.10 Å². The lowest BCUT2D eigenvalue weighted by molar-refractivity contribution is -0.225. The molecule has 0 N–H and O–H groups in total. The Bertz CT molecular complexity index is 556. The molecule has 0 bridgehead atoms. The lowest BCUT2D eigenvalue weighted by Gasteiger charge is -2.20. The highest BCUT2D eigenvalue weighted by Gasteiger charge is 2.37. The molecule has 26 heavy (non-hydrogen) atoms. The fourth-order valence-electron chi connectivity index (χ4n) is 1.78. The summed E-state index contributed by atoms with van der Waals surface area (Å²) in [4.78, 5) is 0. The van der Waals surface area contributed by atoms with Crippen molar-refractivity contribution in [3.8, 4) is 0 Å². The summed E-state index contributed by atoms with van der Waals surface area (Å²) < 4.78 is 104. The first kappa shape index (κ1) is 24.6. The number of benzene rings is 1. The summed E-state index contributed by atoms with van der Waals surface area (Å²) >= 11 is 0. The Labute approximate surface area is 147 Å². The Balaban J connectivity index is 0.000000508. The van der Waals surface area contributed by atoms with Crippen molar-refractivity contribution in [1.29, 1.82) is 0 Å². The molecule has 0 amide bonds. The van der Waals surface area contributed by atoms with E-state index in [0.29, 0.717) is 12.8 Å². The zero-order chi connectivity index (χ0) is 20.8. The van der Waals surface area contributed by atoms with Gasteiger partial charge in [-0.15, -0.1) is 0 Å². The van der Waals surface area contributed by atoms with Gasteiger partial charge in [-0.2, -0.15) is 13.2 Å². The third-order valence-electron chi connectivity index (χ3n) is 3.82. The highest BCUT2D eigenvalue weighted by molar-refractivity contribution is 5.26. The topological polar surface area (TPSA) is 9.23 Å². The number of rotatable bonds is 5. The van der Waals surface area contributed by atoms with Crippen LogP contribution in [0.3, 0.4) is 0 Å². The van der Waals surface area contributed by atoms with Gasteiger partial charge in [-0.3, -0.25) is 0 Å². The van der Waals surface area contributed by atoms with Crippen LogP contribution >= 0.6 is 0 Å². The van der Waals surface area contributed by atoms with E-state index in [1.807, 2.05) is 0 Å². The van der Waals surface area contributed by atoms with Gasteiger partial charge < -0.3 is 4.74 Å². The van der Waals surface area contributed by atoms with Gasteiger partial charge in [-0.25, -0.2) is 22.0 Å². The molecule has 0 aliphatic rings. The second-order valence-electron chi connectivity index (χ2n) is 5.83. The molecule has 0 aliphatic carbocycles. The van der Waals surface area contributed by atoms with Crippen molar-refractivity contribution in [2.45, 2.75) is 71.8 Å². The van der Waals surface area contributed by atoms with Gasteiger partial charge in [0.25, 0.3) is 0 Å². The van der Waals surface area contributed by atoms with E-state index in [1.54, 1.807) is 20.8 Å². The Morgan fingerprint density at radius 3 is 1.42 bits per heavy atom. The molecule has 3 unspecified atom stereocenters.